The van der Waals surface area contributed by atoms with Gasteiger partial charge in [0.25, 0.3) is 0 Å². The Morgan fingerprint density at radius 3 is 2.79 bits per heavy atom. The van der Waals surface area contributed by atoms with Crippen LogP contribution in [0.3, 0.4) is 0 Å². The van der Waals surface area contributed by atoms with Crippen LogP contribution >= 0.6 is 11.3 Å². The van der Waals surface area contributed by atoms with E-state index in [4.69, 9.17) is 0 Å². The lowest BCUT2D eigenvalue weighted by Crippen LogP contribution is -2.22. The SMILES string of the molecule is CC(=O)Nc1ccsc1CNC1C2C3CCC(C3)C12. The molecule has 0 spiro atoms. The Morgan fingerprint density at radius 2 is 2.11 bits per heavy atom. The molecule has 0 aromatic carbocycles. The molecule has 4 rings (SSSR count). The summed E-state index contributed by atoms with van der Waals surface area (Å²) in [5.41, 5.74) is 0.985. The van der Waals surface area contributed by atoms with Gasteiger partial charge < -0.3 is 10.6 Å². The summed E-state index contributed by atoms with van der Waals surface area (Å²) in [4.78, 5) is 12.4. The maximum atomic E-state index is 11.1. The number of hydrogen-bond donors (Lipinski definition) is 2. The zero-order valence-electron chi connectivity index (χ0n) is 11.2. The van der Waals surface area contributed by atoms with E-state index in [0.29, 0.717) is 0 Å². The molecule has 4 heteroatoms. The summed E-state index contributed by atoms with van der Waals surface area (Å²) < 4.78 is 0. The quantitative estimate of drug-likeness (QED) is 0.888. The van der Waals surface area contributed by atoms with Crippen LogP contribution in [0.5, 0.6) is 0 Å². The molecule has 1 aromatic heterocycles. The molecule has 0 aliphatic heterocycles. The van der Waals surface area contributed by atoms with Crippen molar-refractivity contribution < 1.29 is 4.79 Å². The van der Waals surface area contributed by atoms with Gasteiger partial charge in [0.05, 0.1) is 5.69 Å². The van der Waals surface area contributed by atoms with Gasteiger partial charge in [0, 0.05) is 24.4 Å². The molecule has 4 atom stereocenters. The zero-order chi connectivity index (χ0) is 13.0. The van der Waals surface area contributed by atoms with E-state index in [1.54, 1.807) is 18.3 Å². The van der Waals surface area contributed by atoms with Crippen LogP contribution in [0.15, 0.2) is 11.4 Å². The largest absolute Gasteiger partial charge is 0.325 e. The summed E-state index contributed by atoms with van der Waals surface area (Å²) in [6, 6.07) is 2.76. The zero-order valence-corrected chi connectivity index (χ0v) is 12.0. The first kappa shape index (κ1) is 11.9. The number of anilines is 1. The highest BCUT2D eigenvalue weighted by atomic mass is 32.1. The van der Waals surface area contributed by atoms with Crippen LogP contribution in [0.25, 0.3) is 0 Å². The molecule has 3 saturated carbocycles. The van der Waals surface area contributed by atoms with E-state index in [2.05, 4.69) is 16.0 Å². The van der Waals surface area contributed by atoms with Crippen molar-refractivity contribution in [1.29, 1.82) is 0 Å². The molecule has 4 unspecified atom stereocenters. The smallest absolute Gasteiger partial charge is 0.221 e. The van der Waals surface area contributed by atoms with Gasteiger partial charge in [-0.3, -0.25) is 4.79 Å². The van der Waals surface area contributed by atoms with Crippen molar-refractivity contribution in [2.24, 2.45) is 23.7 Å². The predicted octanol–water partition coefficient (Wildman–Crippen LogP) is 2.84. The van der Waals surface area contributed by atoms with Crippen molar-refractivity contribution in [3.8, 4) is 0 Å². The van der Waals surface area contributed by atoms with Gasteiger partial charge in [-0.25, -0.2) is 0 Å². The third-order valence-electron chi connectivity index (χ3n) is 5.29. The van der Waals surface area contributed by atoms with E-state index < -0.39 is 0 Å². The highest BCUT2D eigenvalue weighted by Crippen LogP contribution is 2.65. The summed E-state index contributed by atoms with van der Waals surface area (Å²) in [7, 11) is 0. The summed E-state index contributed by atoms with van der Waals surface area (Å²) in [6.45, 7) is 2.47. The number of hydrogen-bond acceptors (Lipinski definition) is 3. The molecule has 0 saturated heterocycles. The van der Waals surface area contributed by atoms with E-state index in [0.717, 1.165) is 41.9 Å². The number of thiophene rings is 1. The molecule has 19 heavy (non-hydrogen) atoms. The third kappa shape index (κ3) is 1.93. The predicted molar refractivity (Wildman–Crippen MR) is 77.1 cm³/mol. The number of fused-ring (bicyclic) bond motifs is 5. The minimum absolute atomic E-state index is 0.0148. The first-order chi connectivity index (χ1) is 9.24. The van der Waals surface area contributed by atoms with Crippen molar-refractivity contribution in [2.75, 3.05) is 5.32 Å². The molecule has 2 N–H and O–H groups in total. The van der Waals surface area contributed by atoms with E-state index in [1.807, 2.05) is 6.07 Å². The summed E-state index contributed by atoms with van der Waals surface area (Å²) in [5, 5.41) is 8.70. The van der Waals surface area contributed by atoms with E-state index >= 15 is 0 Å². The number of carbonyl (C=O) groups excluding carboxylic acids is 1. The fraction of sp³-hybridized carbons (Fsp3) is 0.667. The molecule has 3 fully saturated rings. The minimum Gasteiger partial charge on any atom is -0.325 e. The Hall–Kier alpha value is -0.870. The lowest BCUT2D eigenvalue weighted by atomic mass is 10.0. The highest BCUT2D eigenvalue weighted by molar-refractivity contribution is 7.10. The van der Waals surface area contributed by atoms with Crippen LogP contribution in [0.4, 0.5) is 5.69 Å². The molecule has 3 aliphatic rings. The summed E-state index contributed by atoms with van der Waals surface area (Å²) >= 11 is 1.73. The second-order valence-electron chi connectivity index (χ2n) is 6.33. The molecule has 1 aromatic rings. The maximum Gasteiger partial charge on any atom is 0.221 e. The molecular formula is C15H20N2OS. The van der Waals surface area contributed by atoms with Crippen LogP contribution in [-0.2, 0) is 11.3 Å². The van der Waals surface area contributed by atoms with Gasteiger partial charge in [-0.1, -0.05) is 0 Å². The Bertz CT molecular complexity index is 496. The second kappa shape index (κ2) is 4.32. The van der Waals surface area contributed by atoms with Gasteiger partial charge >= 0.3 is 0 Å². The molecular weight excluding hydrogens is 256 g/mol. The first-order valence-corrected chi connectivity index (χ1v) is 8.19. The third-order valence-corrected chi connectivity index (χ3v) is 6.21. The van der Waals surface area contributed by atoms with Crippen LogP contribution < -0.4 is 10.6 Å². The maximum absolute atomic E-state index is 11.1. The van der Waals surface area contributed by atoms with Crippen LogP contribution in [-0.4, -0.2) is 11.9 Å². The second-order valence-corrected chi connectivity index (χ2v) is 7.33. The molecule has 1 amide bonds. The van der Waals surface area contributed by atoms with Crippen LogP contribution in [0, 0.1) is 23.7 Å². The Kier molecular flexibility index (Phi) is 2.71. The van der Waals surface area contributed by atoms with Crippen molar-refractivity contribution in [1.82, 2.24) is 5.32 Å². The van der Waals surface area contributed by atoms with Gasteiger partial charge in [0.15, 0.2) is 0 Å². The lowest BCUT2D eigenvalue weighted by molar-refractivity contribution is -0.114. The van der Waals surface area contributed by atoms with Gasteiger partial charge in [-0.2, -0.15) is 0 Å². The van der Waals surface area contributed by atoms with E-state index in [1.165, 1.54) is 24.1 Å². The summed E-state index contributed by atoms with van der Waals surface area (Å²) in [5.74, 6) is 4.00. The van der Waals surface area contributed by atoms with Crippen LogP contribution in [0.2, 0.25) is 0 Å². The van der Waals surface area contributed by atoms with Crippen molar-refractivity contribution in [3.63, 3.8) is 0 Å². The normalized spacial score (nSPS) is 38.3. The van der Waals surface area contributed by atoms with Gasteiger partial charge in [-0.15, -0.1) is 11.3 Å². The number of rotatable bonds is 4. The topological polar surface area (TPSA) is 41.1 Å². The number of carbonyl (C=O) groups is 1. The molecule has 3 aliphatic carbocycles. The van der Waals surface area contributed by atoms with Gasteiger partial charge in [0.1, 0.15) is 0 Å². The minimum atomic E-state index is 0.0148. The van der Waals surface area contributed by atoms with Crippen molar-refractivity contribution >= 4 is 22.9 Å². The van der Waals surface area contributed by atoms with Crippen molar-refractivity contribution in [2.45, 2.75) is 38.8 Å². The van der Waals surface area contributed by atoms with E-state index in [9.17, 15) is 4.79 Å². The molecule has 0 radical (unpaired) electrons. The monoisotopic (exact) mass is 276 g/mol. The van der Waals surface area contributed by atoms with Crippen molar-refractivity contribution in [3.05, 3.63) is 16.3 Å². The lowest BCUT2D eigenvalue weighted by Gasteiger charge is -2.11. The standard InChI is InChI=1S/C15H20N2OS/c1-8(18)17-11-4-5-19-12(11)7-16-15-13-9-2-3-10(6-9)14(13)15/h4-5,9-10,13-16H,2-3,6-7H2,1H3,(H,17,18). The Labute approximate surface area is 117 Å². The molecule has 1 heterocycles. The van der Waals surface area contributed by atoms with Gasteiger partial charge in [0.2, 0.25) is 5.91 Å². The highest BCUT2D eigenvalue weighted by Gasteiger charge is 2.64. The average Bonchev–Trinajstić information content (AvgIpc) is 2.75. The number of amides is 1. The molecule has 102 valence electrons. The number of nitrogens with one attached hydrogen (secondary N) is 2. The van der Waals surface area contributed by atoms with Crippen LogP contribution in [0.1, 0.15) is 31.1 Å². The fourth-order valence-corrected chi connectivity index (χ4v) is 5.37. The van der Waals surface area contributed by atoms with E-state index in [-0.39, 0.29) is 5.91 Å². The molecule has 3 nitrogen and oxygen atoms in total. The fourth-order valence-electron chi connectivity index (χ4n) is 4.59. The molecule has 2 bridgehead atoms. The van der Waals surface area contributed by atoms with Gasteiger partial charge in [-0.05, 0) is 54.4 Å². The average molecular weight is 276 g/mol. The Morgan fingerprint density at radius 1 is 1.37 bits per heavy atom. The Balaban J connectivity index is 1.36. The summed E-state index contributed by atoms with van der Waals surface area (Å²) in [6.07, 6.45) is 4.45. The first-order valence-electron chi connectivity index (χ1n) is 7.31.